The number of rotatable bonds is 5. The molecule has 0 saturated heterocycles. The minimum absolute atomic E-state index is 0.110. The van der Waals surface area contributed by atoms with Crippen molar-refractivity contribution in [1.29, 1.82) is 0 Å². The lowest BCUT2D eigenvalue weighted by molar-refractivity contribution is -0.115. The number of carbonyl (C=O) groups excluding carboxylic acids is 2. The largest absolute Gasteiger partial charge is 0.361 e. The van der Waals surface area contributed by atoms with Crippen LogP contribution < -0.4 is 10.6 Å². The van der Waals surface area contributed by atoms with Crippen molar-refractivity contribution in [1.82, 2.24) is 10.5 Å². The van der Waals surface area contributed by atoms with Crippen molar-refractivity contribution in [2.24, 2.45) is 0 Å². The van der Waals surface area contributed by atoms with Crippen molar-refractivity contribution < 1.29 is 14.1 Å². The van der Waals surface area contributed by atoms with Crippen LogP contribution in [0.25, 0.3) is 0 Å². The topological polar surface area (TPSA) is 84.2 Å². The van der Waals surface area contributed by atoms with Gasteiger partial charge in [-0.1, -0.05) is 30.3 Å². The maximum absolute atomic E-state index is 12.0. The molecule has 6 nitrogen and oxygen atoms in total. The molecule has 22 heavy (non-hydrogen) atoms. The van der Waals surface area contributed by atoms with E-state index >= 15 is 0 Å². The summed E-state index contributed by atoms with van der Waals surface area (Å²) in [5.74, 6) is -0.206. The maximum atomic E-state index is 12.0. The zero-order valence-electron chi connectivity index (χ0n) is 12.9. The fraction of sp³-hybridized carbons (Fsp3) is 0.312. The van der Waals surface area contributed by atoms with E-state index in [4.69, 9.17) is 4.52 Å². The molecule has 116 valence electrons. The molecule has 2 rings (SSSR count). The number of anilines is 1. The van der Waals surface area contributed by atoms with Crippen LogP contribution in [0.4, 0.5) is 5.69 Å². The van der Waals surface area contributed by atoms with Crippen LogP contribution in [-0.2, 0) is 11.2 Å². The lowest BCUT2D eigenvalue weighted by Gasteiger charge is -2.10. The molecule has 0 bridgehead atoms. The molecule has 6 heteroatoms. The number of benzene rings is 1. The van der Waals surface area contributed by atoms with Crippen molar-refractivity contribution in [2.45, 2.75) is 27.2 Å². The summed E-state index contributed by atoms with van der Waals surface area (Å²) < 4.78 is 4.94. The Kier molecular flexibility index (Phi) is 4.93. The van der Waals surface area contributed by atoms with Gasteiger partial charge in [0.2, 0.25) is 5.91 Å². The van der Waals surface area contributed by atoms with Gasteiger partial charge >= 0.3 is 0 Å². The molecule has 2 aromatic rings. The van der Waals surface area contributed by atoms with E-state index in [-0.39, 0.29) is 18.4 Å². The summed E-state index contributed by atoms with van der Waals surface area (Å²) in [6.07, 6.45) is 0.821. The zero-order valence-corrected chi connectivity index (χ0v) is 12.9. The molecule has 0 aliphatic heterocycles. The van der Waals surface area contributed by atoms with Crippen LogP contribution in [0.15, 0.2) is 28.8 Å². The summed E-state index contributed by atoms with van der Waals surface area (Å²) in [6.45, 7) is 5.25. The van der Waals surface area contributed by atoms with E-state index in [1.165, 1.54) is 0 Å². The van der Waals surface area contributed by atoms with Crippen molar-refractivity contribution in [2.75, 3.05) is 11.9 Å². The Labute approximate surface area is 128 Å². The molecule has 0 aliphatic rings. The summed E-state index contributed by atoms with van der Waals surface area (Å²) in [7, 11) is 0. The SMILES string of the molecule is CCc1ccccc1NC(=O)CNC(=O)c1c(C)noc1C. The standard InChI is InChI=1S/C16H19N3O3/c1-4-12-7-5-6-8-13(12)18-14(20)9-17-16(21)15-10(2)19-22-11(15)3/h5-8H,4,9H2,1-3H3,(H,17,21)(H,18,20). The summed E-state index contributed by atoms with van der Waals surface area (Å²) in [5, 5.41) is 9.09. The highest BCUT2D eigenvalue weighted by molar-refractivity contribution is 6.00. The Hall–Kier alpha value is -2.63. The van der Waals surface area contributed by atoms with E-state index in [9.17, 15) is 9.59 Å². The van der Waals surface area contributed by atoms with Gasteiger partial charge < -0.3 is 15.2 Å². The number of hydrogen-bond acceptors (Lipinski definition) is 4. The first-order valence-electron chi connectivity index (χ1n) is 7.11. The molecule has 1 aromatic heterocycles. The van der Waals surface area contributed by atoms with Crippen LogP contribution in [0.3, 0.4) is 0 Å². The number of amides is 2. The Bertz CT molecular complexity index is 672. The second-order valence-corrected chi connectivity index (χ2v) is 4.94. The predicted molar refractivity (Wildman–Crippen MR) is 82.8 cm³/mol. The number of carbonyl (C=O) groups is 2. The fourth-order valence-corrected chi connectivity index (χ4v) is 2.20. The van der Waals surface area contributed by atoms with Gasteiger partial charge in [-0.05, 0) is 31.9 Å². The molecule has 0 saturated carbocycles. The minimum atomic E-state index is -0.366. The Balaban J connectivity index is 1.94. The average molecular weight is 301 g/mol. The van der Waals surface area contributed by atoms with Gasteiger partial charge in [0, 0.05) is 5.69 Å². The van der Waals surface area contributed by atoms with E-state index in [1.54, 1.807) is 13.8 Å². The van der Waals surface area contributed by atoms with Crippen molar-refractivity contribution >= 4 is 17.5 Å². The third-order valence-corrected chi connectivity index (χ3v) is 3.34. The highest BCUT2D eigenvalue weighted by atomic mass is 16.5. The monoisotopic (exact) mass is 301 g/mol. The van der Waals surface area contributed by atoms with Crippen LogP contribution >= 0.6 is 0 Å². The summed E-state index contributed by atoms with van der Waals surface area (Å²) in [4.78, 5) is 24.0. The lowest BCUT2D eigenvalue weighted by atomic mass is 10.1. The van der Waals surface area contributed by atoms with Gasteiger partial charge in [0.25, 0.3) is 5.91 Å². The van der Waals surface area contributed by atoms with Gasteiger partial charge in [0.05, 0.1) is 12.2 Å². The van der Waals surface area contributed by atoms with Gasteiger partial charge in [-0.25, -0.2) is 0 Å². The Morgan fingerprint density at radius 2 is 1.95 bits per heavy atom. The van der Waals surface area contributed by atoms with Gasteiger partial charge in [-0.2, -0.15) is 0 Å². The molecule has 0 spiro atoms. The average Bonchev–Trinajstić information content (AvgIpc) is 2.84. The van der Waals surface area contributed by atoms with Crippen LogP contribution in [0.5, 0.6) is 0 Å². The molecular weight excluding hydrogens is 282 g/mol. The van der Waals surface area contributed by atoms with Gasteiger partial charge in [0.15, 0.2) is 0 Å². The molecule has 0 unspecified atom stereocenters. The number of nitrogens with one attached hydrogen (secondary N) is 2. The van der Waals surface area contributed by atoms with Crippen molar-refractivity contribution in [3.05, 3.63) is 46.8 Å². The first-order chi connectivity index (χ1) is 10.5. The molecule has 2 amide bonds. The van der Waals surface area contributed by atoms with Crippen LogP contribution in [0, 0.1) is 13.8 Å². The smallest absolute Gasteiger partial charge is 0.257 e. The molecule has 0 fully saturated rings. The first kappa shape index (κ1) is 15.8. The first-order valence-corrected chi connectivity index (χ1v) is 7.11. The van der Waals surface area contributed by atoms with E-state index in [1.807, 2.05) is 31.2 Å². The van der Waals surface area contributed by atoms with E-state index in [2.05, 4.69) is 15.8 Å². The normalized spacial score (nSPS) is 10.3. The molecule has 0 atom stereocenters. The lowest BCUT2D eigenvalue weighted by Crippen LogP contribution is -2.33. The van der Waals surface area contributed by atoms with Crippen LogP contribution in [0.2, 0.25) is 0 Å². The van der Waals surface area contributed by atoms with Crippen molar-refractivity contribution in [3.8, 4) is 0 Å². The second-order valence-electron chi connectivity index (χ2n) is 4.94. The quantitative estimate of drug-likeness (QED) is 0.887. The summed E-state index contributed by atoms with van der Waals surface area (Å²) in [5.41, 5.74) is 2.70. The van der Waals surface area contributed by atoms with Crippen LogP contribution in [-0.4, -0.2) is 23.5 Å². The molecule has 1 aromatic carbocycles. The maximum Gasteiger partial charge on any atom is 0.257 e. The van der Waals surface area contributed by atoms with Crippen LogP contribution in [0.1, 0.15) is 34.3 Å². The molecule has 0 radical (unpaired) electrons. The highest BCUT2D eigenvalue weighted by Gasteiger charge is 2.18. The Morgan fingerprint density at radius 1 is 1.23 bits per heavy atom. The third kappa shape index (κ3) is 3.52. The minimum Gasteiger partial charge on any atom is -0.361 e. The summed E-state index contributed by atoms with van der Waals surface area (Å²) in [6, 6.07) is 7.58. The van der Waals surface area contributed by atoms with Crippen molar-refractivity contribution in [3.63, 3.8) is 0 Å². The second kappa shape index (κ2) is 6.89. The molecule has 1 heterocycles. The molecular formula is C16H19N3O3. The number of aromatic nitrogens is 1. The van der Waals surface area contributed by atoms with Gasteiger partial charge in [-0.3, -0.25) is 9.59 Å². The molecule has 0 aliphatic carbocycles. The number of para-hydroxylation sites is 1. The number of nitrogens with zero attached hydrogens (tertiary/aromatic N) is 1. The summed E-state index contributed by atoms with van der Waals surface area (Å²) >= 11 is 0. The third-order valence-electron chi connectivity index (χ3n) is 3.34. The zero-order chi connectivity index (χ0) is 16.1. The predicted octanol–water partition coefficient (Wildman–Crippen LogP) is 2.22. The van der Waals surface area contributed by atoms with E-state index < -0.39 is 0 Å². The van der Waals surface area contributed by atoms with E-state index in [0.29, 0.717) is 17.0 Å². The molecule has 2 N–H and O–H groups in total. The number of aryl methyl sites for hydroxylation is 3. The number of hydrogen-bond donors (Lipinski definition) is 2. The Morgan fingerprint density at radius 3 is 2.59 bits per heavy atom. The van der Waals surface area contributed by atoms with E-state index in [0.717, 1.165) is 17.7 Å². The van der Waals surface area contributed by atoms with Gasteiger partial charge in [0.1, 0.15) is 11.3 Å². The highest BCUT2D eigenvalue weighted by Crippen LogP contribution is 2.15. The van der Waals surface area contributed by atoms with Gasteiger partial charge in [-0.15, -0.1) is 0 Å². The fourth-order valence-electron chi connectivity index (χ4n) is 2.20.